The molecular formula is C11H15ClO6. The fraction of sp³-hybridized carbons (Fsp3) is 0.545. The predicted molar refractivity (Wildman–Crippen MR) is 62.8 cm³/mol. The van der Waals surface area contributed by atoms with E-state index in [4.69, 9.17) is 21.1 Å². The molecule has 0 radical (unpaired) electrons. The van der Waals surface area contributed by atoms with Crippen LogP contribution in [0.1, 0.15) is 20.8 Å². The van der Waals surface area contributed by atoms with Gasteiger partial charge in [-0.3, -0.25) is 9.59 Å². The van der Waals surface area contributed by atoms with Crippen LogP contribution in [0.2, 0.25) is 0 Å². The van der Waals surface area contributed by atoms with Crippen molar-refractivity contribution in [2.75, 3.05) is 19.8 Å². The highest BCUT2D eigenvalue weighted by Gasteiger charge is 2.16. The first-order valence-corrected chi connectivity index (χ1v) is 5.57. The van der Waals surface area contributed by atoms with Gasteiger partial charge in [0, 0.05) is 19.4 Å². The minimum absolute atomic E-state index is 0.156. The Morgan fingerprint density at radius 2 is 1.39 bits per heavy atom. The molecule has 0 N–H and O–H groups in total. The Kier molecular flexibility index (Phi) is 7.78. The number of halogens is 1. The van der Waals surface area contributed by atoms with Crippen molar-refractivity contribution < 1.29 is 28.6 Å². The predicted octanol–water partition coefficient (Wildman–Crippen LogP) is 1.17. The lowest BCUT2D eigenvalue weighted by atomic mass is 10.2. The second kappa shape index (κ2) is 8.52. The summed E-state index contributed by atoms with van der Waals surface area (Å²) in [5, 5.41) is -0.251. The topological polar surface area (TPSA) is 78.9 Å². The molecule has 0 aromatic rings. The van der Waals surface area contributed by atoms with Crippen LogP contribution in [0.4, 0.5) is 0 Å². The molecule has 0 heterocycles. The SMILES string of the molecule is CCOC(=O)C(Cl)=C(COC(C)=O)COC(C)=O. The van der Waals surface area contributed by atoms with Gasteiger partial charge < -0.3 is 14.2 Å². The van der Waals surface area contributed by atoms with Gasteiger partial charge in [0.2, 0.25) is 0 Å². The highest BCUT2D eigenvalue weighted by atomic mass is 35.5. The van der Waals surface area contributed by atoms with E-state index in [0.29, 0.717) is 0 Å². The zero-order chi connectivity index (χ0) is 14.1. The van der Waals surface area contributed by atoms with Crippen molar-refractivity contribution in [2.45, 2.75) is 20.8 Å². The van der Waals surface area contributed by atoms with Gasteiger partial charge in [-0.2, -0.15) is 0 Å². The van der Waals surface area contributed by atoms with E-state index in [9.17, 15) is 14.4 Å². The number of esters is 3. The summed E-state index contributed by atoms with van der Waals surface area (Å²) >= 11 is 5.77. The first kappa shape index (κ1) is 16.4. The third-order valence-corrected chi connectivity index (χ3v) is 2.09. The van der Waals surface area contributed by atoms with E-state index in [1.165, 1.54) is 13.8 Å². The van der Waals surface area contributed by atoms with E-state index in [2.05, 4.69) is 4.74 Å². The molecule has 0 saturated carbocycles. The molecule has 7 heteroatoms. The van der Waals surface area contributed by atoms with Crippen LogP contribution in [0.3, 0.4) is 0 Å². The average Bonchev–Trinajstić information content (AvgIpc) is 2.28. The molecule has 0 rings (SSSR count). The minimum atomic E-state index is -0.756. The molecule has 0 saturated heterocycles. The lowest BCUT2D eigenvalue weighted by Crippen LogP contribution is -2.15. The standard InChI is InChI=1S/C11H15ClO6/c1-4-16-11(15)10(12)9(5-17-7(2)13)6-18-8(3)14/h4-6H2,1-3H3. The summed E-state index contributed by atoms with van der Waals surface area (Å²) in [5.74, 6) is -1.83. The molecule has 18 heavy (non-hydrogen) atoms. The van der Waals surface area contributed by atoms with Gasteiger partial charge >= 0.3 is 17.9 Å². The average molecular weight is 279 g/mol. The van der Waals surface area contributed by atoms with Gasteiger partial charge in [-0.25, -0.2) is 4.79 Å². The molecule has 0 atom stereocenters. The molecule has 0 aliphatic rings. The smallest absolute Gasteiger partial charge is 0.349 e. The van der Waals surface area contributed by atoms with Crippen LogP contribution in [-0.2, 0) is 28.6 Å². The fourth-order valence-corrected chi connectivity index (χ4v) is 1.05. The van der Waals surface area contributed by atoms with Gasteiger partial charge in [0.1, 0.15) is 18.2 Å². The van der Waals surface area contributed by atoms with Crippen molar-refractivity contribution >= 4 is 29.5 Å². The van der Waals surface area contributed by atoms with Crippen LogP contribution < -0.4 is 0 Å². The molecule has 0 aromatic carbocycles. The van der Waals surface area contributed by atoms with Gasteiger partial charge in [-0.1, -0.05) is 11.6 Å². The van der Waals surface area contributed by atoms with E-state index < -0.39 is 17.9 Å². The third kappa shape index (κ3) is 6.90. The van der Waals surface area contributed by atoms with Gasteiger partial charge in [0.25, 0.3) is 0 Å². The molecule has 6 nitrogen and oxygen atoms in total. The van der Waals surface area contributed by atoms with Gasteiger partial charge in [0.15, 0.2) is 0 Å². The quantitative estimate of drug-likeness (QED) is 0.412. The van der Waals surface area contributed by atoms with E-state index in [0.717, 1.165) is 0 Å². The summed E-state index contributed by atoms with van der Waals surface area (Å²) in [5.41, 5.74) is 0.167. The molecule has 0 fully saturated rings. The van der Waals surface area contributed by atoms with Crippen LogP contribution >= 0.6 is 11.6 Å². The Morgan fingerprint density at radius 1 is 0.944 bits per heavy atom. The first-order chi connectivity index (χ1) is 8.38. The number of carbonyl (C=O) groups is 3. The maximum Gasteiger partial charge on any atom is 0.349 e. The van der Waals surface area contributed by atoms with Gasteiger partial charge in [-0.05, 0) is 6.92 Å². The first-order valence-electron chi connectivity index (χ1n) is 5.19. The van der Waals surface area contributed by atoms with Crippen LogP contribution in [0.5, 0.6) is 0 Å². The normalized spacial score (nSPS) is 9.33. The van der Waals surface area contributed by atoms with Crippen molar-refractivity contribution in [3.8, 4) is 0 Å². The molecule has 102 valence electrons. The zero-order valence-corrected chi connectivity index (χ0v) is 11.2. The Balaban J connectivity index is 4.79. The summed E-state index contributed by atoms with van der Waals surface area (Å²) < 4.78 is 14.1. The summed E-state index contributed by atoms with van der Waals surface area (Å²) in [7, 11) is 0. The maximum atomic E-state index is 11.4. The van der Waals surface area contributed by atoms with E-state index in [1.807, 2.05) is 0 Å². The van der Waals surface area contributed by atoms with Crippen molar-refractivity contribution in [1.82, 2.24) is 0 Å². The van der Waals surface area contributed by atoms with Crippen molar-refractivity contribution in [3.05, 3.63) is 10.6 Å². The van der Waals surface area contributed by atoms with Crippen molar-refractivity contribution in [1.29, 1.82) is 0 Å². The lowest BCUT2D eigenvalue weighted by Gasteiger charge is -2.10. The summed E-state index contributed by atoms with van der Waals surface area (Å²) in [4.78, 5) is 32.8. The van der Waals surface area contributed by atoms with Crippen LogP contribution in [0.15, 0.2) is 10.6 Å². The maximum absolute atomic E-state index is 11.4. The number of rotatable bonds is 6. The van der Waals surface area contributed by atoms with Crippen LogP contribution in [-0.4, -0.2) is 37.7 Å². The number of ether oxygens (including phenoxy) is 3. The number of carbonyl (C=O) groups excluding carboxylic acids is 3. The lowest BCUT2D eigenvalue weighted by molar-refractivity contribution is -0.142. The Morgan fingerprint density at radius 3 is 1.72 bits per heavy atom. The zero-order valence-electron chi connectivity index (χ0n) is 10.4. The molecule has 0 bridgehead atoms. The van der Waals surface area contributed by atoms with E-state index >= 15 is 0 Å². The monoisotopic (exact) mass is 278 g/mol. The fourth-order valence-electron chi connectivity index (χ4n) is 0.885. The van der Waals surface area contributed by atoms with Crippen molar-refractivity contribution in [2.24, 2.45) is 0 Å². The van der Waals surface area contributed by atoms with Crippen LogP contribution in [0.25, 0.3) is 0 Å². The molecule has 0 aliphatic heterocycles. The third-order valence-electron chi connectivity index (χ3n) is 1.66. The number of hydrogen-bond donors (Lipinski definition) is 0. The Hall–Kier alpha value is -1.56. The largest absolute Gasteiger partial charge is 0.462 e. The number of hydrogen-bond acceptors (Lipinski definition) is 6. The molecule has 0 amide bonds. The second-order valence-electron chi connectivity index (χ2n) is 3.20. The summed E-state index contributed by atoms with van der Waals surface area (Å²) in [6, 6.07) is 0. The second-order valence-corrected chi connectivity index (χ2v) is 3.58. The molecule has 0 aromatic heterocycles. The van der Waals surface area contributed by atoms with E-state index in [-0.39, 0.29) is 30.4 Å². The Labute approximate surface area is 110 Å². The van der Waals surface area contributed by atoms with Gasteiger partial charge in [0.05, 0.1) is 6.61 Å². The van der Waals surface area contributed by atoms with Gasteiger partial charge in [-0.15, -0.1) is 0 Å². The molecular weight excluding hydrogens is 264 g/mol. The summed E-state index contributed by atoms with van der Waals surface area (Å²) in [6.45, 7) is 3.73. The summed E-state index contributed by atoms with van der Waals surface area (Å²) in [6.07, 6.45) is 0. The molecule has 0 unspecified atom stereocenters. The highest BCUT2D eigenvalue weighted by molar-refractivity contribution is 6.41. The van der Waals surface area contributed by atoms with E-state index in [1.54, 1.807) is 6.92 Å². The van der Waals surface area contributed by atoms with Crippen molar-refractivity contribution in [3.63, 3.8) is 0 Å². The minimum Gasteiger partial charge on any atom is -0.462 e. The highest BCUT2D eigenvalue weighted by Crippen LogP contribution is 2.13. The van der Waals surface area contributed by atoms with Crippen LogP contribution in [0, 0.1) is 0 Å². The molecule has 0 spiro atoms. The Bertz CT molecular complexity index is 341. The molecule has 0 aliphatic carbocycles.